The van der Waals surface area contributed by atoms with Crippen molar-refractivity contribution < 1.29 is 17.6 Å². The number of halogens is 1. The molecule has 1 aromatic heterocycles. The van der Waals surface area contributed by atoms with Gasteiger partial charge >= 0.3 is 0 Å². The van der Waals surface area contributed by atoms with Crippen LogP contribution in [0, 0.1) is 0 Å². The summed E-state index contributed by atoms with van der Waals surface area (Å²) >= 11 is 3.14. The number of methoxy groups -OCH3 is 1. The van der Waals surface area contributed by atoms with E-state index in [2.05, 4.69) is 26.0 Å². The van der Waals surface area contributed by atoms with Crippen molar-refractivity contribution in [3.63, 3.8) is 0 Å². The maximum atomic E-state index is 12.2. The van der Waals surface area contributed by atoms with Crippen LogP contribution in [0.25, 0.3) is 0 Å². The minimum absolute atomic E-state index is 0.118. The van der Waals surface area contributed by atoms with Gasteiger partial charge in [0.05, 0.1) is 13.2 Å². The molecule has 0 aliphatic heterocycles. The molecule has 0 aromatic carbocycles. The van der Waals surface area contributed by atoms with Crippen LogP contribution in [0.1, 0.15) is 5.76 Å². The van der Waals surface area contributed by atoms with E-state index in [0.717, 1.165) is 6.54 Å². The minimum Gasteiger partial charge on any atom is -0.452 e. The average Bonchev–Trinajstić information content (AvgIpc) is 2.78. The van der Waals surface area contributed by atoms with Gasteiger partial charge in [-0.05, 0) is 30.0 Å². The summed E-state index contributed by atoms with van der Waals surface area (Å²) in [5.74, 6) is 0.557. The molecule has 0 unspecified atom stereocenters. The summed E-state index contributed by atoms with van der Waals surface area (Å²) in [6, 6.07) is 1.51. The Morgan fingerprint density at radius 2 is 2.14 bits per heavy atom. The van der Waals surface area contributed by atoms with Gasteiger partial charge in [-0.15, -0.1) is 0 Å². The SMILES string of the molecule is CNCc1cc(S(=O)(=O)NCCN(C)CCOC)c(Br)o1. The van der Waals surface area contributed by atoms with Crippen molar-refractivity contribution in [2.75, 3.05) is 47.4 Å². The van der Waals surface area contributed by atoms with Gasteiger partial charge in [-0.3, -0.25) is 0 Å². The number of nitrogens with one attached hydrogen (secondary N) is 2. The second-order valence-corrected chi connectivity index (χ2v) is 7.03. The number of likely N-dealkylation sites (N-methyl/N-ethyl adjacent to an activating group) is 1. The molecule has 0 atom stereocenters. The zero-order chi connectivity index (χ0) is 15.9. The summed E-state index contributed by atoms with van der Waals surface area (Å²) in [5.41, 5.74) is 0. The third kappa shape index (κ3) is 6.05. The maximum Gasteiger partial charge on any atom is 0.245 e. The van der Waals surface area contributed by atoms with Crippen LogP contribution < -0.4 is 10.0 Å². The molecule has 0 saturated heterocycles. The van der Waals surface area contributed by atoms with E-state index >= 15 is 0 Å². The minimum atomic E-state index is -3.58. The van der Waals surface area contributed by atoms with Crippen LogP contribution in [0.15, 0.2) is 20.0 Å². The zero-order valence-corrected chi connectivity index (χ0v) is 14.9. The van der Waals surface area contributed by atoms with Crippen LogP contribution in [0.5, 0.6) is 0 Å². The first-order valence-corrected chi connectivity index (χ1v) is 8.78. The molecular weight excluding hydrogens is 362 g/mol. The van der Waals surface area contributed by atoms with E-state index in [-0.39, 0.29) is 9.56 Å². The van der Waals surface area contributed by atoms with Crippen molar-refractivity contribution >= 4 is 26.0 Å². The van der Waals surface area contributed by atoms with Gasteiger partial charge in [0, 0.05) is 32.8 Å². The maximum absolute atomic E-state index is 12.2. The first-order chi connectivity index (χ1) is 9.90. The number of sulfonamides is 1. The lowest BCUT2D eigenvalue weighted by molar-refractivity contribution is 0.162. The molecule has 0 amide bonds. The molecule has 1 heterocycles. The van der Waals surface area contributed by atoms with Gasteiger partial charge in [-0.25, -0.2) is 13.1 Å². The molecule has 0 aliphatic carbocycles. The van der Waals surface area contributed by atoms with Crippen molar-refractivity contribution in [1.82, 2.24) is 14.9 Å². The van der Waals surface area contributed by atoms with Crippen LogP contribution in [0.3, 0.4) is 0 Å². The number of hydrogen-bond acceptors (Lipinski definition) is 6. The average molecular weight is 384 g/mol. The van der Waals surface area contributed by atoms with Gasteiger partial charge in [0.2, 0.25) is 10.0 Å². The second kappa shape index (κ2) is 8.86. The lowest BCUT2D eigenvalue weighted by Crippen LogP contribution is -2.34. The number of nitrogens with zero attached hydrogens (tertiary/aromatic N) is 1. The third-order valence-electron chi connectivity index (χ3n) is 2.81. The molecule has 2 N–H and O–H groups in total. The van der Waals surface area contributed by atoms with Crippen molar-refractivity contribution in [3.8, 4) is 0 Å². The lowest BCUT2D eigenvalue weighted by atomic mass is 10.4. The van der Waals surface area contributed by atoms with Gasteiger partial charge in [0.25, 0.3) is 0 Å². The van der Waals surface area contributed by atoms with Gasteiger partial charge in [-0.1, -0.05) is 0 Å². The number of ether oxygens (including phenoxy) is 1. The highest BCUT2D eigenvalue weighted by atomic mass is 79.9. The molecule has 0 bridgehead atoms. The molecule has 9 heteroatoms. The van der Waals surface area contributed by atoms with Crippen molar-refractivity contribution in [3.05, 3.63) is 16.5 Å². The predicted octanol–water partition coefficient (Wildman–Crippen LogP) is 0.618. The number of hydrogen-bond donors (Lipinski definition) is 2. The number of furan rings is 1. The van der Waals surface area contributed by atoms with E-state index in [1.54, 1.807) is 14.2 Å². The second-order valence-electron chi connectivity index (χ2n) is 4.57. The van der Waals surface area contributed by atoms with Crippen LogP contribution in [-0.4, -0.2) is 60.8 Å². The van der Waals surface area contributed by atoms with E-state index in [0.29, 0.717) is 32.0 Å². The van der Waals surface area contributed by atoms with E-state index in [1.165, 1.54) is 6.07 Å². The Labute approximate surface area is 134 Å². The topological polar surface area (TPSA) is 83.8 Å². The Balaban J connectivity index is 2.57. The number of rotatable bonds is 10. The smallest absolute Gasteiger partial charge is 0.245 e. The van der Waals surface area contributed by atoms with Crippen molar-refractivity contribution in [1.29, 1.82) is 0 Å². The van der Waals surface area contributed by atoms with E-state index in [4.69, 9.17) is 9.15 Å². The third-order valence-corrected chi connectivity index (χ3v) is 5.13. The highest BCUT2D eigenvalue weighted by Gasteiger charge is 2.22. The highest BCUT2D eigenvalue weighted by Crippen LogP contribution is 2.25. The van der Waals surface area contributed by atoms with Crippen molar-refractivity contribution in [2.24, 2.45) is 0 Å². The summed E-state index contributed by atoms with van der Waals surface area (Å²) in [6.45, 7) is 2.75. The first-order valence-electron chi connectivity index (χ1n) is 6.50. The van der Waals surface area contributed by atoms with Gasteiger partial charge in [-0.2, -0.15) is 0 Å². The van der Waals surface area contributed by atoms with Gasteiger partial charge in [0.1, 0.15) is 10.7 Å². The Kier molecular flexibility index (Phi) is 7.85. The fourth-order valence-electron chi connectivity index (χ4n) is 1.65. The van der Waals surface area contributed by atoms with Crippen LogP contribution in [0.2, 0.25) is 0 Å². The Hall–Kier alpha value is -0.450. The molecule has 0 saturated carbocycles. The molecule has 122 valence electrons. The van der Waals surface area contributed by atoms with Gasteiger partial charge < -0.3 is 19.4 Å². The normalized spacial score (nSPS) is 12.2. The van der Waals surface area contributed by atoms with Gasteiger partial charge in [0.15, 0.2) is 4.67 Å². The Morgan fingerprint density at radius 1 is 1.43 bits per heavy atom. The molecule has 0 spiro atoms. The van der Waals surface area contributed by atoms with E-state index in [9.17, 15) is 8.42 Å². The summed E-state index contributed by atoms with van der Waals surface area (Å²) in [7, 11) is 1.73. The first kappa shape index (κ1) is 18.6. The van der Waals surface area contributed by atoms with Crippen LogP contribution in [-0.2, 0) is 21.3 Å². The van der Waals surface area contributed by atoms with E-state index < -0.39 is 10.0 Å². The Morgan fingerprint density at radius 3 is 2.76 bits per heavy atom. The molecule has 1 aromatic rings. The summed E-state index contributed by atoms with van der Waals surface area (Å²) in [5, 5.41) is 2.91. The Bertz CT molecular complexity index is 533. The molecule has 0 aliphatic rings. The van der Waals surface area contributed by atoms with Crippen LogP contribution >= 0.6 is 15.9 Å². The quantitative estimate of drug-likeness (QED) is 0.615. The fourth-order valence-corrected chi connectivity index (χ4v) is 3.67. The standard InChI is InChI=1S/C12H22BrN3O4S/c1-14-9-10-8-11(12(13)20-10)21(17,18)15-4-5-16(2)6-7-19-3/h8,14-15H,4-7,9H2,1-3H3. The molecule has 1 rings (SSSR count). The molecule has 0 fully saturated rings. The molecular formula is C12H22BrN3O4S. The predicted molar refractivity (Wildman–Crippen MR) is 83.7 cm³/mol. The van der Waals surface area contributed by atoms with Crippen molar-refractivity contribution in [2.45, 2.75) is 11.4 Å². The zero-order valence-electron chi connectivity index (χ0n) is 12.5. The molecule has 21 heavy (non-hydrogen) atoms. The largest absolute Gasteiger partial charge is 0.452 e. The molecule has 7 nitrogen and oxygen atoms in total. The highest BCUT2D eigenvalue weighted by molar-refractivity contribution is 9.10. The summed E-state index contributed by atoms with van der Waals surface area (Å²) in [4.78, 5) is 2.11. The lowest BCUT2D eigenvalue weighted by Gasteiger charge is -2.15. The van der Waals surface area contributed by atoms with E-state index in [1.807, 2.05) is 11.9 Å². The summed E-state index contributed by atoms with van der Waals surface area (Å²) < 4.78 is 37.5. The van der Waals surface area contributed by atoms with Crippen LogP contribution in [0.4, 0.5) is 0 Å². The summed E-state index contributed by atoms with van der Waals surface area (Å²) in [6.07, 6.45) is 0. The molecule has 0 radical (unpaired) electrons. The fraction of sp³-hybridized carbons (Fsp3) is 0.667. The monoisotopic (exact) mass is 383 g/mol.